The van der Waals surface area contributed by atoms with E-state index in [1.807, 2.05) is 36.4 Å². The van der Waals surface area contributed by atoms with E-state index < -0.39 is 11.8 Å². The lowest BCUT2D eigenvalue weighted by Gasteiger charge is -2.13. The molecule has 1 aliphatic heterocycles. The zero-order valence-electron chi connectivity index (χ0n) is 16.1. The van der Waals surface area contributed by atoms with E-state index in [1.54, 1.807) is 7.05 Å². The molecule has 0 saturated heterocycles. The third kappa shape index (κ3) is 3.33. The number of hydrogen-bond donors (Lipinski definition) is 1. The van der Waals surface area contributed by atoms with Crippen molar-refractivity contribution in [1.29, 1.82) is 5.26 Å². The summed E-state index contributed by atoms with van der Waals surface area (Å²) >= 11 is 0. The summed E-state index contributed by atoms with van der Waals surface area (Å²) in [5.74, 6) is -1.02. The van der Waals surface area contributed by atoms with Crippen LogP contribution in [0, 0.1) is 11.3 Å². The number of amides is 3. The van der Waals surface area contributed by atoms with Crippen LogP contribution in [-0.4, -0.2) is 38.9 Å². The number of fused-ring (bicyclic) bond motifs is 1. The molecule has 2 aromatic carbocycles. The van der Waals surface area contributed by atoms with Crippen LogP contribution >= 0.6 is 0 Å². The van der Waals surface area contributed by atoms with Crippen LogP contribution in [-0.2, 0) is 13.5 Å². The van der Waals surface area contributed by atoms with Crippen LogP contribution < -0.4 is 5.32 Å². The largest absolute Gasteiger partial charge is 0.306 e. The number of hydrogen-bond acceptors (Lipinski definition) is 5. The second-order valence-corrected chi connectivity index (χ2v) is 6.85. The van der Waals surface area contributed by atoms with Crippen LogP contribution in [0.25, 0.3) is 0 Å². The maximum atomic E-state index is 12.8. The molecule has 0 spiro atoms. The quantitative estimate of drug-likeness (QED) is 0.663. The molecule has 8 heteroatoms. The Morgan fingerprint density at radius 3 is 2.57 bits per heavy atom. The van der Waals surface area contributed by atoms with E-state index in [4.69, 9.17) is 5.26 Å². The van der Waals surface area contributed by atoms with Gasteiger partial charge in [-0.05, 0) is 30.2 Å². The Morgan fingerprint density at radius 1 is 1.10 bits per heavy atom. The molecule has 0 atom stereocenters. The van der Waals surface area contributed by atoms with E-state index in [0.717, 1.165) is 5.56 Å². The van der Waals surface area contributed by atoms with Gasteiger partial charge in [-0.15, -0.1) is 0 Å². The molecular weight excluding hydrogens is 382 g/mol. The Hall–Kier alpha value is -4.25. The predicted octanol–water partition coefficient (Wildman–Crippen LogP) is 2.38. The van der Waals surface area contributed by atoms with Gasteiger partial charge >= 0.3 is 0 Å². The van der Waals surface area contributed by atoms with Gasteiger partial charge in [0.25, 0.3) is 17.7 Å². The Kier molecular flexibility index (Phi) is 4.86. The molecule has 148 valence electrons. The van der Waals surface area contributed by atoms with E-state index in [2.05, 4.69) is 10.4 Å². The number of nitrogens with one attached hydrogen (secondary N) is 1. The van der Waals surface area contributed by atoms with Crippen molar-refractivity contribution < 1.29 is 14.4 Å². The van der Waals surface area contributed by atoms with Crippen LogP contribution in [0.1, 0.15) is 42.2 Å². The highest BCUT2D eigenvalue weighted by atomic mass is 16.2. The molecule has 1 aromatic heterocycles. The van der Waals surface area contributed by atoms with Gasteiger partial charge < -0.3 is 5.32 Å². The second-order valence-electron chi connectivity index (χ2n) is 6.85. The van der Waals surface area contributed by atoms with Crippen LogP contribution in [0.15, 0.2) is 54.7 Å². The molecule has 4 rings (SSSR count). The summed E-state index contributed by atoms with van der Waals surface area (Å²) in [6.07, 6.45) is 1.90. The van der Waals surface area contributed by atoms with Gasteiger partial charge in [-0.3, -0.25) is 24.0 Å². The lowest BCUT2D eigenvalue weighted by atomic mass is 10.1. The Balaban J connectivity index is 1.53. The monoisotopic (exact) mass is 399 g/mol. The number of nitriles is 1. The van der Waals surface area contributed by atoms with Crippen LogP contribution in [0.4, 0.5) is 5.82 Å². The lowest BCUT2D eigenvalue weighted by Crippen LogP contribution is -2.31. The van der Waals surface area contributed by atoms with Crippen molar-refractivity contribution in [3.05, 3.63) is 82.5 Å². The molecule has 0 saturated carbocycles. The van der Waals surface area contributed by atoms with Gasteiger partial charge in [-0.25, -0.2) is 0 Å². The number of nitrogens with zero attached hydrogens (tertiary/aromatic N) is 4. The van der Waals surface area contributed by atoms with Crippen molar-refractivity contribution in [2.24, 2.45) is 7.05 Å². The minimum atomic E-state index is -0.499. The van der Waals surface area contributed by atoms with E-state index in [9.17, 15) is 14.4 Å². The van der Waals surface area contributed by atoms with E-state index in [0.29, 0.717) is 6.42 Å². The van der Waals surface area contributed by atoms with Crippen molar-refractivity contribution in [2.45, 2.75) is 6.42 Å². The van der Waals surface area contributed by atoms with Crippen molar-refractivity contribution in [1.82, 2.24) is 14.7 Å². The van der Waals surface area contributed by atoms with Crippen LogP contribution in [0.3, 0.4) is 0 Å². The first kappa shape index (κ1) is 19.1. The number of benzene rings is 2. The summed E-state index contributed by atoms with van der Waals surface area (Å²) in [7, 11) is 1.60. The Morgan fingerprint density at radius 2 is 1.83 bits per heavy atom. The van der Waals surface area contributed by atoms with Crippen LogP contribution in [0.5, 0.6) is 0 Å². The van der Waals surface area contributed by atoms with Crippen LogP contribution in [0.2, 0.25) is 0 Å². The normalized spacial score (nSPS) is 12.6. The molecule has 0 radical (unpaired) electrons. The molecule has 3 aromatic rings. The molecule has 0 bridgehead atoms. The minimum absolute atomic E-state index is 0.200. The van der Waals surface area contributed by atoms with Gasteiger partial charge in [0.2, 0.25) is 0 Å². The first-order valence-electron chi connectivity index (χ1n) is 9.27. The Labute approximate surface area is 172 Å². The average Bonchev–Trinajstić information content (AvgIpc) is 3.24. The maximum absolute atomic E-state index is 12.8. The fourth-order valence-electron chi connectivity index (χ4n) is 3.37. The molecule has 30 heavy (non-hydrogen) atoms. The van der Waals surface area contributed by atoms with Crippen molar-refractivity contribution in [2.75, 3.05) is 11.9 Å². The molecule has 3 amide bonds. The van der Waals surface area contributed by atoms with Gasteiger partial charge in [-0.1, -0.05) is 30.3 Å². The fraction of sp³-hybridized carbons (Fsp3) is 0.136. The van der Waals surface area contributed by atoms with Gasteiger partial charge in [0.1, 0.15) is 17.5 Å². The summed E-state index contributed by atoms with van der Waals surface area (Å²) in [5.41, 5.74) is 1.95. The third-order valence-corrected chi connectivity index (χ3v) is 4.99. The number of carbonyl (C=O) groups is 3. The molecule has 1 N–H and O–H groups in total. The SMILES string of the molecule is Cn1ncc(C#N)c1NC(=O)c1ccc2c(c1)C(=O)N(CCc1ccccc1)C2=O. The summed E-state index contributed by atoms with van der Waals surface area (Å²) in [5, 5.41) is 15.7. The summed E-state index contributed by atoms with van der Waals surface area (Å²) in [4.78, 5) is 39.3. The molecular formula is C22H17N5O3. The maximum Gasteiger partial charge on any atom is 0.261 e. The standard InChI is InChI=1S/C22H17N5O3/c1-26-19(16(12-23)13-24-26)25-20(28)15-7-8-17-18(11-15)22(30)27(21(17)29)10-9-14-5-3-2-4-6-14/h2-8,11,13H,9-10H2,1H3,(H,25,28). The predicted molar refractivity (Wildman–Crippen MR) is 108 cm³/mol. The molecule has 2 heterocycles. The first-order chi connectivity index (χ1) is 14.5. The average molecular weight is 399 g/mol. The summed E-state index contributed by atoms with van der Waals surface area (Å²) < 4.78 is 1.38. The highest BCUT2D eigenvalue weighted by molar-refractivity contribution is 6.22. The third-order valence-electron chi connectivity index (χ3n) is 4.99. The highest BCUT2D eigenvalue weighted by Gasteiger charge is 2.35. The van der Waals surface area contributed by atoms with Crippen molar-refractivity contribution >= 4 is 23.5 Å². The number of anilines is 1. The fourth-order valence-corrected chi connectivity index (χ4v) is 3.37. The van der Waals surface area contributed by atoms with Gasteiger partial charge in [0, 0.05) is 19.2 Å². The number of carbonyl (C=O) groups excluding carboxylic acids is 3. The van der Waals surface area contributed by atoms with Gasteiger partial charge in [-0.2, -0.15) is 10.4 Å². The second kappa shape index (κ2) is 7.64. The molecule has 1 aliphatic rings. The first-order valence-corrected chi connectivity index (χ1v) is 9.27. The molecule has 8 nitrogen and oxygen atoms in total. The minimum Gasteiger partial charge on any atom is -0.306 e. The van der Waals surface area contributed by atoms with Crippen molar-refractivity contribution in [3.8, 4) is 6.07 Å². The zero-order chi connectivity index (χ0) is 21.3. The van der Waals surface area contributed by atoms with Crippen molar-refractivity contribution in [3.63, 3.8) is 0 Å². The summed E-state index contributed by atoms with van der Waals surface area (Å²) in [6, 6.07) is 15.9. The Bertz CT molecular complexity index is 1210. The molecule has 0 aliphatic carbocycles. The zero-order valence-corrected chi connectivity index (χ0v) is 16.1. The van der Waals surface area contributed by atoms with E-state index in [1.165, 1.54) is 34.0 Å². The smallest absolute Gasteiger partial charge is 0.261 e. The molecule has 0 unspecified atom stereocenters. The number of aryl methyl sites for hydroxylation is 1. The number of imide groups is 1. The van der Waals surface area contributed by atoms with Gasteiger partial charge in [0.15, 0.2) is 0 Å². The highest BCUT2D eigenvalue weighted by Crippen LogP contribution is 2.25. The number of rotatable bonds is 5. The topological polar surface area (TPSA) is 108 Å². The number of aromatic nitrogens is 2. The van der Waals surface area contributed by atoms with Gasteiger partial charge in [0.05, 0.1) is 17.3 Å². The lowest BCUT2D eigenvalue weighted by molar-refractivity contribution is 0.0656. The molecule has 0 fully saturated rings. The van der Waals surface area contributed by atoms with E-state index >= 15 is 0 Å². The van der Waals surface area contributed by atoms with E-state index in [-0.39, 0.29) is 40.5 Å². The summed E-state index contributed by atoms with van der Waals surface area (Å²) in [6.45, 7) is 0.262.